The van der Waals surface area contributed by atoms with Crippen LogP contribution in [0.15, 0.2) is 41.0 Å². The summed E-state index contributed by atoms with van der Waals surface area (Å²) in [5.41, 5.74) is 2.09. The molecule has 2 aromatic heterocycles. The maximum atomic E-state index is 5.82. The zero-order valence-corrected chi connectivity index (χ0v) is 20.1. The summed E-state index contributed by atoms with van der Waals surface area (Å²) in [4.78, 5) is 5.64. The Labute approximate surface area is 193 Å². The van der Waals surface area contributed by atoms with E-state index in [2.05, 4.69) is 62.2 Å². The van der Waals surface area contributed by atoms with Crippen LogP contribution in [0.25, 0.3) is 10.2 Å². The number of nitrogens with zero attached hydrogens (tertiary/aromatic N) is 2. The maximum absolute atomic E-state index is 5.82. The molecule has 1 saturated heterocycles. The number of hydrogen-bond donors (Lipinski definition) is 1. The molecule has 0 bridgehead atoms. The van der Waals surface area contributed by atoms with Gasteiger partial charge in [-0.05, 0) is 23.8 Å². The van der Waals surface area contributed by atoms with Gasteiger partial charge in [-0.2, -0.15) is 0 Å². The highest BCUT2D eigenvalue weighted by atomic mass is 79.9. The molecule has 0 unspecified atom stereocenters. The lowest BCUT2D eigenvalue weighted by Gasteiger charge is -2.25. The average molecular weight is 509 g/mol. The van der Waals surface area contributed by atoms with Gasteiger partial charge in [-0.25, -0.2) is 0 Å². The first-order valence-electron chi connectivity index (χ1n) is 9.46. The SMILES string of the molecule is Cn1cc(C(=S)NCc2ccc(Br)cc2)c(=S)c2cc(CN3CCOCC3)sc21. The van der Waals surface area contributed by atoms with E-state index in [9.17, 15) is 0 Å². The molecule has 1 aliphatic heterocycles. The molecule has 0 saturated carbocycles. The minimum Gasteiger partial charge on any atom is -0.379 e. The first-order valence-corrected chi connectivity index (χ1v) is 11.9. The first-order chi connectivity index (χ1) is 14.0. The Morgan fingerprint density at radius 2 is 1.97 bits per heavy atom. The summed E-state index contributed by atoms with van der Waals surface area (Å²) in [6, 6.07) is 10.5. The Kier molecular flexibility index (Phi) is 6.78. The van der Waals surface area contributed by atoms with Crippen LogP contribution >= 0.6 is 51.7 Å². The molecule has 8 heteroatoms. The third-order valence-corrected chi connectivity index (χ3v) is 7.53. The second-order valence-corrected chi connectivity index (χ2v) is 9.96. The second-order valence-electron chi connectivity index (χ2n) is 7.11. The van der Waals surface area contributed by atoms with E-state index in [4.69, 9.17) is 29.2 Å². The zero-order chi connectivity index (χ0) is 20.4. The van der Waals surface area contributed by atoms with Gasteiger partial charge in [0.05, 0.1) is 17.7 Å². The van der Waals surface area contributed by atoms with E-state index >= 15 is 0 Å². The highest BCUT2D eigenvalue weighted by molar-refractivity contribution is 9.10. The van der Waals surface area contributed by atoms with E-state index in [1.54, 1.807) is 0 Å². The molecule has 4 nitrogen and oxygen atoms in total. The van der Waals surface area contributed by atoms with Gasteiger partial charge >= 0.3 is 0 Å². The lowest BCUT2D eigenvalue weighted by atomic mass is 10.2. The lowest BCUT2D eigenvalue weighted by Crippen LogP contribution is -2.35. The fourth-order valence-electron chi connectivity index (χ4n) is 3.41. The fourth-order valence-corrected chi connectivity index (χ4v) is 5.48. The van der Waals surface area contributed by atoms with Crippen LogP contribution in [0.3, 0.4) is 0 Å². The number of benzene rings is 1. The fraction of sp³-hybridized carbons (Fsp3) is 0.333. The molecule has 0 aliphatic carbocycles. The molecule has 3 aromatic rings. The van der Waals surface area contributed by atoms with Crippen molar-refractivity contribution in [2.45, 2.75) is 13.1 Å². The van der Waals surface area contributed by atoms with Crippen LogP contribution in [0.4, 0.5) is 0 Å². The number of aromatic nitrogens is 1. The van der Waals surface area contributed by atoms with Crippen molar-refractivity contribution < 1.29 is 4.74 Å². The van der Waals surface area contributed by atoms with Crippen LogP contribution < -0.4 is 5.32 Å². The van der Waals surface area contributed by atoms with Gasteiger partial charge in [-0.1, -0.05) is 52.5 Å². The molecule has 0 spiro atoms. The zero-order valence-electron chi connectivity index (χ0n) is 16.1. The van der Waals surface area contributed by atoms with Crippen molar-refractivity contribution in [3.05, 3.63) is 61.5 Å². The van der Waals surface area contributed by atoms with Crippen molar-refractivity contribution in [2.24, 2.45) is 7.05 Å². The normalized spacial score (nSPS) is 15.0. The molecule has 1 aliphatic rings. The third kappa shape index (κ3) is 4.95. The Balaban J connectivity index is 1.54. The summed E-state index contributed by atoms with van der Waals surface area (Å²) in [5, 5.41) is 4.47. The number of morpholine rings is 1. The molecule has 0 amide bonds. The van der Waals surface area contributed by atoms with Crippen molar-refractivity contribution in [3.63, 3.8) is 0 Å². The maximum Gasteiger partial charge on any atom is 0.109 e. The Bertz CT molecular complexity index is 1080. The van der Waals surface area contributed by atoms with E-state index in [0.29, 0.717) is 11.5 Å². The highest BCUT2D eigenvalue weighted by Gasteiger charge is 2.15. The van der Waals surface area contributed by atoms with Gasteiger partial charge in [0.25, 0.3) is 0 Å². The molecule has 1 fully saturated rings. The molecule has 1 aromatic carbocycles. The van der Waals surface area contributed by atoms with Gasteiger partial charge in [-0.3, -0.25) is 4.90 Å². The molecular formula is C21H22BrN3OS3. The lowest BCUT2D eigenvalue weighted by molar-refractivity contribution is 0.0346. The number of thiophene rings is 1. The van der Waals surface area contributed by atoms with Crippen molar-refractivity contribution >= 4 is 66.9 Å². The van der Waals surface area contributed by atoms with Crippen LogP contribution in [0.2, 0.25) is 0 Å². The molecule has 4 rings (SSSR count). The standard InChI is InChI=1S/C21H22BrN3OS3/c1-24-13-18(20(28)23-11-14-2-4-15(22)5-3-14)19(27)17-10-16(29-21(17)24)12-25-6-8-26-9-7-25/h2-5,10,13H,6-9,11-12H2,1H3,(H,23,28). The number of rotatable bonds is 5. The predicted octanol–water partition coefficient (Wildman–Crippen LogP) is 5.03. The quantitative estimate of drug-likeness (QED) is 0.489. The summed E-state index contributed by atoms with van der Waals surface area (Å²) in [5.74, 6) is 0. The van der Waals surface area contributed by atoms with Gasteiger partial charge in [0, 0.05) is 59.7 Å². The second kappa shape index (κ2) is 9.32. The van der Waals surface area contributed by atoms with Gasteiger partial charge in [0.2, 0.25) is 0 Å². The number of hydrogen-bond acceptors (Lipinski definition) is 5. The number of fused-ring (bicyclic) bond motifs is 1. The Morgan fingerprint density at radius 3 is 2.69 bits per heavy atom. The highest BCUT2D eigenvalue weighted by Crippen LogP contribution is 2.29. The van der Waals surface area contributed by atoms with Crippen LogP contribution in [0.1, 0.15) is 16.0 Å². The molecule has 0 radical (unpaired) electrons. The van der Waals surface area contributed by atoms with E-state index in [1.165, 1.54) is 15.3 Å². The van der Waals surface area contributed by atoms with Gasteiger partial charge in [-0.15, -0.1) is 11.3 Å². The van der Waals surface area contributed by atoms with Crippen molar-refractivity contribution in [2.75, 3.05) is 26.3 Å². The summed E-state index contributed by atoms with van der Waals surface area (Å²) >= 11 is 16.8. The largest absolute Gasteiger partial charge is 0.379 e. The van der Waals surface area contributed by atoms with Crippen LogP contribution in [-0.2, 0) is 24.9 Å². The molecule has 1 N–H and O–H groups in total. The van der Waals surface area contributed by atoms with Crippen LogP contribution in [-0.4, -0.2) is 40.8 Å². The number of nitrogens with one attached hydrogen (secondary N) is 1. The van der Waals surface area contributed by atoms with Crippen LogP contribution in [0.5, 0.6) is 0 Å². The summed E-state index contributed by atoms with van der Waals surface area (Å²) < 4.78 is 9.49. The van der Waals surface area contributed by atoms with Crippen LogP contribution in [0, 0.1) is 4.51 Å². The number of ether oxygens (including phenoxy) is 1. The first kappa shape index (κ1) is 21.1. The number of pyridine rings is 1. The molecule has 0 atom stereocenters. The van der Waals surface area contributed by atoms with E-state index in [1.807, 2.05) is 23.5 Å². The number of halogens is 1. The van der Waals surface area contributed by atoms with E-state index < -0.39 is 0 Å². The number of thiocarbonyl (C=S) groups is 1. The van der Waals surface area contributed by atoms with E-state index in [-0.39, 0.29) is 0 Å². The predicted molar refractivity (Wildman–Crippen MR) is 130 cm³/mol. The molecule has 3 heterocycles. The molecule has 152 valence electrons. The summed E-state index contributed by atoms with van der Waals surface area (Å²) in [6.45, 7) is 5.21. The molecule has 29 heavy (non-hydrogen) atoms. The monoisotopic (exact) mass is 507 g/mol. The number of aryl methyl sites for hydroxylation is 1. The Morgan fingerprint density at radius 1 is 1.24 bits per heavy atom. The third-order valence-electron chi connectivity index (χ3n) is 4.99. The average Bonchev–Trinajstić information content (AvgIpc) is 3.15. The van der Waals surface area contributed by atoms with Crippen molar-refractivity contribution in [1.29, 1.82) is 0 Å². The van der Waals surface area contributed by atoms with Gasteiger partial charge < -0.3 is 14.6 Å². The Hall–Kier alpha value is -1.16. The summed E-state index contributed by atoms with van der Waals surface area (Å²) in [6.07, 6.45) is 2.05. The van der Waals surface area contributed by atoms with Gasteiger partial charge in [0.15, 0.2) is 0 Å². The van der Waals surface area contributed by atoms with Gasteiger partial charge in [0.1, 0.15) is 9.82 Å². The topological polar surface area (TPSA) is 29.4 Å². The summed E-state index contributed by atoms with van der Waals surface area (Å²) in [7, 11) is 2.06. The smallest absolute Gasteiger partial charge is 0.109 e. The van der Waals surface area contributed by atoms with Crippen molar-refractivity contribution in [3.8, 4) is 0 Å². The molecular weight excluding hydrogens is 486 g/mol. The minimum atomic E-state index is 0.675. The minimum absolute atomic E-state index is 0.675. The van der Waals surface area contributed by atoms with Crippen molar-refractivity contribution in [1.82, 2.24) is 14.8 Å². The van der Waals surface area contributed by atoms with E-state index in [0.717, 1.165) is 52.8 Å².